The summed E-state index contributed by atoms with van der Waals surface area (Å²) in [5.74, 6) is -0.647. The summed E-state index contributed by atoms with van der Waals surface area (Å²) < 4.78 is 12.1. The molecule has 4 heteroatoms. The Kier molecular flexibility index (Phi) is 4.36. The summed E-state index contributed by atoms with van der Waals surface area (Å²) in [6, 6.07) is 0. The molecule has 10 heavy (non-hydrogen) atoms. The molecule has 60 valence electrons. The van der Waals surface area contributed by atoms with Crippen molar-refractivity contribution in [1.29, 1.82) is 0 Å². The second kappa shape index (κ2) is 4.50. The first-order valence-corrected chi connectivity index (χ1v) is 3.64. The fourth-order valence-corrected chi connectivity index (χ4v) is 0.811. The Bertz CT molecular complexity index is 114. The Morgan fingerprint density at radius 1 is 1.60 bits per heavy atom. The minimum absolute atomic E-state index is 0.502. The second-order valence-corrected chi connectivity index (χ2v) is 2.19. The number of carbonyl (C=O) groups is 1. The van der Waals surface area contributed by atoms with Crippen molar-refractivity contribution >= 4 is 17.5 Å². The zero-order valence-corrected chi connectivity index (χ0v) is 6.86. The number of hydrogen-bond donors (Lipinski definition) is 0. The highest BCUT2D eigenvalue weighted by molar-refractivity contribution is 6.29. The van der Waals surface area contributed by atoms with E-state index in [9.17, 15) is 9.18 Å². The Morgan fingerprint density at radius 2 is 2.00 bits per heavy atom. The number of rotatable bonds is 3. The molecule has 0 saturated heterocycles. The van der Waals surface area contributed by atoms with Gasteiger partial charge in [0.05, 0.1) is 0 Å². The first kappa shape index (κ1) is 9.69. The first-order chi connectivity index (χ1) is 4.63. The lowest BCUT2D eigenvalue weighted by atomic mass is 10.5. The summed E-state index contributed by atoms with van der Waals surface area (Å²) in [6.45, 7) is 4.56. The van der Waals surface area contributed by atoms with Gasteiger partial charge in [0.15, 0.2) is 0 Å². The first-order valence-electron chi connectivity index (χ1n) is 3.20. The predicted molar refractivity (Wildman–Crippen MR) is 38.7 cm³/mol. The van der Waals surface area contributed by atoms with E-state index in [1.165, 1.54) is 4.90 Å². The monoisotopic (exact) mass is 167 g/mol. The summed E-state index contributed by atoms with van der Waals surface area (Å²) in [6.07, 6.45) is 0. The number of halogens is 2. The zero-order valence-electron chi connectivity index (χ0n) is 6.10. The average Bonchev–Trinajstić information content (AvgIpc) is 1.90. The highest BCUT2D eigenvalue weighted by Gasteiger charge is 2.18. The number of amides is 1. The van der Waals surface area contributed by atoms with Crippen molar-refractivity contribution in [3.8, 4) is 0 Å². The van der Waals surface area contributed by atoms with E-state index in [4.69, 9.17) is 11.6 Å². The topological polar surface area (TPSA) is 20.3 Å². The average molecular weight is 168 g/mol. The number of alkyl halides is 2. The van der Waals surface area contributed by atoms with E-state index in [-0.39, 0.29) is 0 Å². The normalized spacial score (nSPS) is 12.8. The van der Waals surface area contributed by atoms with Crippen LogP contribution in [0.5, 0.6) is 0 Å². The molecule has 0 aromatic heterocycles. The second-order valence-electron chi connectivity index (χ2n) is 1.81. The van der Waals surface area contributed by atoms with E-state index in [1.54, 1.807) is 13.8 Å². The van der Waals surface area contributed by atoms with Gasteiger partial charge < -0.3 is 4.90 Å². The van der Waals surface area contributed by atoms with E-state index >= 15 is 0 Å². The van der Waals surface area contributed by atoms with Gasteiger partial charge in [0.25, 0.3) is 11.5 Å². The lowest BCUT2D eigenvalue weighted by Gasteiger charge is -2.17. The van der Waals surface area contributed by atoms with Crippen LogP contribution in [0.3, 0.4) is 0 Å². The molecule has 0 N–H and O–H groups in total. The van der Waals surface area contributed by atoms with Gasteiger partial charge in [0, 0.05) is 13.1 Å². The van der Waals surface area contributed by atoms with Crippen LogP contribution in [-0.2, 0) is 4.79 Å². The summed E-state index contributed by atoms with van der Waals surface area (Å²) in [7, 11) is 0. The maximum absolute atomic E-state index is 12.1. The summed E-state index contributed by atoms with van der Waals surface area (Å²) in [5, 5.41) is 0. The fraction of sp³-hybridized carbons (Fsp3) is 0.833. The van der Waals surface area contributed by atoms with Gasteiger partial charge in [-0.3, -0.25) is 4.79 Å². The minimum atomic E-state index is -1.89. The van der Waals surface area contributed by atoms with Crippen LogP contribution in [0.2, 0.25) is 0 Å². The van der Waals surface area contributed by atoms with E-state index in [0.717, 1.165) is 0 Å². The predicted octanol–water partition coefficient (Wildman–Crippen LogP) is 1.39. The van der Waals surface area contributed by atoms with Crippen molar-refractivity contribution in [2.24, 2.45) is 0 Å². The molecule has 0 saturated carbocycles. The molecule has 0 heterocycles. The molecule has 0 aliphatic heterocycles. The van der Waals surface area contributed by atoms with Crippen LogP contribution < -0.4 is 0 Å². The van der Waals surface area contributed by atoms with Crippen molar-refractivity contribution in [3.05, 3.63) is 0 Å². The van der Waals surface area contributed by atoms with E-state index < -0.39 is 11.5 Å². The molecule has 2 nitrogen and oxygen atoms in total. The molecule has 0 rings (SSSR count). The third-order valence-corrected chi connectivity index (χ3v) is 1.45. The Morgan fingerprint density at radius 3 is 2.10 bits per heavy atom. The van der Waals surface area contributed by atoms with Crippen LogP contribution in [-0.4, -0.2) is 29.5 Å². The third kappa shape index (κ3) is 2.52. The van der Waals surface area contributed by atoms with Gasteiger partial charge in [-0.2, -0.15) is 0 Å². The highest BCUT2D eigenvalue weighted by Crippen LogP contribution is 2.02. The molecule has 1 atom stereocenters. The molecule has 0 aliphatic rings. The molecule has 0 aliphatic carbocycles. The Hall–Kier alpha value is -0.310. The molecule has 1 amide bonds. The molecular formula is C6H11ClFNO. The lowest BCUT2D eigenvalue weighted by Crippen LogP contribution is -2.34. The van der Waals surface area contributed by atoms with Gasteiger partial charge in [0.2, 0.25) is 0 Å². The smallest absolute Gasteiger partial charge is 0.272 e. The fourth-order valence-electron chi connectivity index (χ4n) is 0.673. The van der Waals surface area contributed by atoms with Gasteiger partial charge >= 0.3 is 0 Å². The van der Waals surface area contributed by atoms with Gasteiger partial charge in [-0.1, -0.05) is 11.6 Å². The maximum atomic E-state index is 12.1. The number of nitrogens with zero attached hydrogens (tertiary/aromatic N) is 1. The Labute approximate surface area is 65.0 Å². The Balaban J connectivity index is 3.89. The molecule has 0 aromatic carbocycles. The molecule has 0 radical (unpaired) electrons. The summed E-state index contributed by atoms with van der Waals surface area (Å²) >= 11 is 4.92. The molecule has 0 bridgehead atoms. The van der Waals surface area contributed by atoms with Crippen molar-refractivity contribution in [3.63, 3.8) is 0 Å². The molecule has 0 fully saturated rings. The molecule has 0 spiro atoms. The summed E-state index contributed by atoms with van der Waals surface area (Å²) in [5.41, 5.74) is -1.89. The van der Waals surface area contributed by atoms with Gasteiger partial charge in [-0.25, -0.2) is 4.39 Å². The van der Waals surface area contributed by atoms with Crippen LogP contribution in [0, 0.1) is 0 Å². The van der Waals surface area contributed by atoms with Gasteiger partial charge in [0.1, 0.15) is 0 Å². The summed E-state index contributed by atoms with van der Waals surface area (Å²) in [4.78, 5) is 12.1. The van der Waals surface area contributed by atoms with E-state index in [0.29, 0.717) is 13.1 Å². The van der Waals surface area contributed by atoms with Gasteiger partial charge in [-0.15, -0.1) is 0 Å². The zero-order chi connectivity index (χ0) is 8.15. The quantitative estimate of drug-likeness (QED) is 0.582. The van der Waals surface area contributed by atoms with Crippen molar-refractivity contribution < 1.29 is 9.18 Å². The minimum Gasteiger partial charge on any atom is -0.340 e. The molecule has 0 unspecified atom stereocenters. The largest absolute Gasteiger partial charge is 0.340 e. The van der Waals surface area contributed by atoms with Crippen molar-refractivity contribution in [1.82, 2.24) is 4.90 Å². The standard InChI is InChI=1S/C6H11ClFNO/c1-3-9(4-2)6(10)5(7)8/h5H,3-4H2,1-2H3/t5-/m0/s1. The number of carbonyl (C=O) groups excluding carboxylic acids is 1. The molecular weight excluding hydrogens is 157 g/mol. The van der Waals surface area contributed by atoms with E-state index in [2.05, 4.69) is 0 Å². The SMILES string of the molecule is CCN(CC)C(=O)[C@H](F)Cl. The number of hydrogen-bond acceptors (Lipinski definition) is 1. The lowest BCUT2D eigenvalue weighted by molar-refractivity contribution is -0.133. The van der Waals surface area contributed by atoms with Crippen LogP contribution >= 0.6 is 11.6 Å². The third-order valence-electron chi connectivity index (χ3n) is 1.26. The van der Waals surface area contributed by atoms with Crippen LogP contribution in [0.25, 0.3) is 0 Å². The van der Waals surface area contributed by atoms with Crippen LogP contribution in [0.1, 0.15) is 13.8 Å². The van der Waals surface area contributed by atoms with Crippen molar-refractivity contribution in [2.75, 3.05) is 13.1 Å². The van der Waals surface area contributed by atoms with Crippen molar-refractivity contribution in [2.45, 2.75) is 19.5 Å². The van der Waals surface area contributed by atoms with Crippen LogP contribution in [0.4, 0.5) is 4.39 Å². The van der Waals surface area contributed by atoms with Crippen LogP contribution in [0.15, 0.2) is 0 Å². The van der Waals surface area contributed by atoms with Gasteiger partial charge in [-0.05, 0) is 13.8 Å². The maximum Gasteiger partial charge on any atom is 0.272 e. The van der Waals surface area contributed by atoms with E-state index in [1.807, 2.05) is 0 Å². The molecule has 0 aromatic rings. The highest BCUT2D eigenvalue weighted by atomic mass is 35.5.